The quantitative estimate of drug-likeness (QED) is 0.487. The standard InChI is InChI=1S/C23H23N3O4/c1-15(16-8-10-19(11-9-16)30-14-22(28)26(2)3)24-25-23(29)20-12-17-6-4-5-7-18(17)13-21(20)27/h4-13,27H,14H2,1-3H3,(H,25,29)/b24-15+. The minimum atomic E-state index is -0.500. The predicted molar refractivity (Wildman–Crippen MR) is 116 cm³/mol. The molecule has 2 amide bonds. The van der Waals surface area contributed by atoms with E-state index in [4.69, 9.17) is 4.74 Å². The second kappa shape index (κ2) is 9.09. The van der Waals surface area contributed by atoms with Crippen molar-refractivity contribution in [3.63, 3.8) is 0 Å². The predicted octanol–water partition coefficient (Wildman–Crippen LogP) is 3.17. The molecule has 0 radical (unpaired) electrons. The molecule has 0 saturated heterocycles. The lowest BCUT2D eigenvalue weighted by Gasteiger charge is -2.11. The largest absolute Gasteiger partial charge is 0.507 e. The molecule has 0 aliphatic heterocycles. The van der Waals surface area contributed by atoms with Crippen molar-refractivity contribution in [2.45, 2.75) is 6.92 Å². The van der Waals surface area contributed by atoms with Gasteiger partial charge in [-0.3, -0.25) is 9.59 Å². The van der Waals surface area contributed by atoms with E-state index in [0.29, 0.717) is 11.5 Å². The molecule has 2 N–H and O–H groups in total. The molecule has 0 unspecified atom stereocenters. The van der Waals surface area contributed by atoms with Crippen LogP contribution in [0.2, 0.25) is 0 Å². The van der Waals surface area contributed by atoms with E-state index >= 15 is 0 Å². The van der Waals surface area contributed by atoms with Crippen molar-refractivity contribution in [1.29, 1.82) is 0 Å². The first-order valence-corrected chi connectivity index (χ1v) is 9.35. The third-order valence-corrected chi connectivity index (χ3v) is 4.57. The Kier molecular flexibility index (Phi) is 6.32. The highest BCUT2D eigenvalue weighted by Crippen LogP contribution is 2.24. The van der Waals surface area contributed by atoms with Gasteiger partial charge in [-0.25, -0.2) is 5.43 Å². The number of fused-ring (bicyclic) bond motifs is 1. The van der Waals surface area contributed by atoms with Crippen molar-refractivity contribution in [3.05, 3.63) is 71.8 Å². The van der Waals surface area contributed by atoms with E-state index in [0.717, 1.165) is 16.3 Å². The minimum Gasteiger partial charge on any atom is -0.507 e. The average molecular weight is 405 g/mol. The van der Waals surface area contributed by atoms with Gasteiger partial charge in [0.25, 0.3) is 11.8 Å². The molecule has 0 fully saturated rings. The number of likely N-dealkylation sites (N-methyl/N-ethyl adjacent to an activating group) is 1. The Bertz CT molecular complexity index is 1110. The highest BCUT2D eigenvalue weighted by Gasteiger charge is 2.12. The fourth-order valence-corrected chi connectivity index (χ4v) is 2.74. The zero-order chi connectivity index (χ0) is 21.7. The van der Waals surface area contributed by atoms with E-state index in [-0.39, 0.29) is 23.8 Å². The summed E-state index contributed by atoms with van der Waals surface area (Å²) in [7, 11) is 3.33. The first-order chi connectivity index (χ1) is 14.3. The van der Waals surface area contributed by atoms with Crippen LogP contribution < -0.4 is 10.2 Å². The van der Waals surface area contributed by atoms with E-state index in [1.54, 1.807) is 57.4 Å². The number of carbonyl (C=O) groups excluding carboxylic acids is 2. The maximum atomic E-state index is 12.5. The average Bonchev–Trinajstić information content (AvgIpc) is 2.75. The summed E-state index contributed by atoms with van der Waals surface area (Å²) in [6.07, 6.45) is 0. The first-order valence-electron chi connectivity index (χ1n) is 9.35. The number of benzene rings is 3. The van der Waals surface area contributed by atoms with Crippen molar-refractivity contribution < 1.29 is 19.4 Å². The number of phenols is 1. The Morgan fingerprint density at radius 2 is 1.67 bits per heavy atom. The molecule has 0 atom stereocenters. The first kappa shape index (κ1) is 20.9. The maximum absolute atomic E-state index is 12.5. The Morgan fingerprint density at radius 1 is 1.03 bits per heavy atom. The van der Waals surface area contributed by atoms with Gasteiger partial charge in [-0.05, 0) is 59.7 Å². The molecule has 3 rings (SSSR count). The molecule has 0 spiro atoms. The molecule has 0 aliphatic carbocycles. The van der Waals surface area contributed by atoms with Crippen LogP contribution in [-0.4, -0.2) is 48.2 Å². The van der Waals surface area contributed by atoms with Crippen LogP contribution in [0.4, 0.5) is 0 Å². The molecule has 3 aromatic carbocycles. The third kappa shape index (κ3) is 4.94. The summed E-state index contributed by atoms with van der Waals surface area (Å²) in [5.41, 5.74) is 3.99. The summed E-state index contributed by atoms with van der Waals surface area (Å²) >= 11 is 0. The number of hydrazone groups is 1. The lowest BCUT2D eigenvalue weighted by molar-refractivity contribution is -0.130. The van der Waals surface area contributed by atoms with Crippen molar-refractivity contribution in [2.75, 3.05) is 20.7 Å². The SMILES string of the molecule is C/C(=N\NC(=O)c1cc2ccccc2cc1O)c1ccc(OCC(=O)N(C)C)cc1. The number of phenolic OH excluding ortho intramolecular Hbond substituents is 1. The number of ether oxygens (including phenoxy) is 1. The molecule has 0 saturated carbocycles. The Labute approximate surface area is 174 Å². The molecule has 0 heterocycles. The van der Waals surface area contributed by atoms with Crippen LogP contribution in [0.15, 0.2) is 65.8 Å². The zero-order valence-corrected chi connectivity index (χ0v) is 17.0. The molecule has 7 heteroatoms. The normalized spacial score (nSPS) is 11.2. The van der Waals surface area contributed by atoms with Crippen LogP contribution in [0.5, 0.6) is 11.5 Å². The van der Waals surface area contributed by atoms with Gasteiger partial charge in [0.2, 0.25) is 0 Å². The molecule has 0 aliphatic rings. The highest BCUT2D eigenvalue weighted by molar-refractivity contribution is 6.03. The fraction of sp³-hybridized carbons (Fsp3) is 0.174. The fourth-order valence-electron chi connectivity index (χ4n) is 2.74. The van der Waals surface area contributed by atoms with Gasteiger partial charge in [0, 0.05) is 14.1 Å². The van der Waals surface area contributed by atoms with Gasteiger partial charge in [-0.1, -0.05) is 24.3 Å². The lowest BCUT2D eigenvalue weighted by atomic mass is 10.1. The van der Waals surface area contributed by atoms with Crippen LogP contribution in [0.3, 0.4) is 0 Å². The van der Waals surface area contributed by atoms with Crippen LogP contribution >= 0.6 is 0 Å². The summed E-state index contributed by atoms with van der Waals surface area (Å²) in [5.74, 6) is -0.170. The maximum Gasteiger partial charge on any atom is 0.275 e. The van der Waals surface area contributed by atoms with Crippen LogP contribution in [0.1, 0.15) is 22.8 Å². The lowest BCUT2D eigenvalue weighted by Crippen LogP contribution is -2.27. The Balaban J connectivity index is 1.66. The summed E-state index contributed by atoms with van der Waals surface area (Å²) in [4.78, 5) is 25.5. The highest BCUT2D eigenvalue weighted by atomic mass is 16.5. The number of hydrogen-bond donors (Lipinski definition) is 2. The number of nitrogens with one attached hydrogen (secondary N) is 1. The number of aromatic hydroxyl groups is 1. The Hall–Kier alpha value is -3.87. The van der Waals surface area contributed by atoms with Gasteiger partial charge in [-0.15, -0.1) is 0 Å². The van der Waals surface area contributed by atoms with Crippen LogP contribution in [0, 0.1) is 0 Å². The number of rotatable bonds is 6. The smallest absolute Gasteiger partial charge is 0.275 e. The van der Waals surface area contributed by atoms with Gasteiger partial charge >= 0.3 is 0 Å². The molecule has 3 aromatic rings. The van der Waals surface area contributed by atoms with Gasteiger partial charge in [0.1, 0.15) is 11.5 Å². The molecule has 154 valence electrons. The number of amides is 2. The molecular weight excluding hydrogens is 382 g/mol. The van der Waals surface area contributed by atoms with Crippen molar-refractivity contribution in [1.82, 2.24) is 10.3 Å². The molecule has 7 nitrogen and oxygen atoms in total. The molecule has 0 bridgehead atoms. The molecule has 0 aromatic heterocycles. The summed E-state index contributed by atoms with van der Waals surface area (Å²) in [5, 5.41) is 16.0. The van der Waals surface area contributed by atoms with Crippen LogP contribution in [0.25, 0.3) is 10.8 Å². The molecule has 30 heavy (non-hydrogen) atoms. The van der Waals surface area contributed by atoms with Crippen molar-refractivity contribution in [2.24, 2.45) is 5.10 Å². The Morgan fingerprint density at radius 3 is 2.30 bits per heavy atom. The minimum absolute atomic E-state index is 0.0370. The van der Waals surface area contributed by atoms with Gasteiger partial charge in [-0.2, -0.15) is 5.10 Å². The van der Waals surface area contributed by atoms with Crippen molar-refractivity contribution >= 4 is 28.3 Å². The van der Waals surface area contributed by atoms with Gasteiger partial charge in [0.05, 0.1) is 11.3 Å². The van der Waals surface area contributed by atoms with E-state index < -0.39 is 5.91 Å². The van der Waals surface area contributed by atoms with E-state index in [1.807, 2.05) is 24.3 Å². The summed E-state index contributed by atoms with van der Waals surface area (Å²) < 4.78 is 5.44. The van der Waals surface area contributed by atoms with E-state index in [2.05, 4.69) is 10.5 Å². The van der Waals surface area contributed by atoms with Crippen molar-refractivity contribution in [3.8, 4) is 11.5 Å². The summed E-state index contributed by atoms with van der Waals surface area (Å²) in [6, 6.07) is 17.7. The monoisotopic (exact) mass is 405 g/mol. The number of carbonyl (C=O) groups is 2. The van der Waals surface area contributed by atoms with Crippen LogP contribution in [-0.2, 0) is 4.79 Å². The zero-order valence-electron chi connectivity index (χ0n) is 17.0. The molecular formula is C23H23N3O4. The summed E-state index contributed by atoms with van der Waals surface area (Å²) in [6.45, 7) is 1.72. The number of nitrogens with zero attached hydrogens (tertiary/aromatic N) is 2. The van der Waals surface area contributed by atoms with E-state index in [9.17, 15) is 14.7 Å². The second-order valence-electron chi connectivity index (χ2n) is 6.96. The second-order valence-corrected chi connectivity index (χ2v) is 6.96. The van der Waals surface area contributed by atoms with E-state index in [1.165, 1.54) is 4.90 Å². The van der Waals surface area contributed by atoms with Gasteiger partial charge < -0.3 is 14.7 Å². The third-order valence-electron chi connectivity index (χ3n) is 4.57. The number of hydrogen-bond acceptors (Lipinski definition) is 5. The van der Waals surface area contributed by atoms with Gasteiger partial charge in [0.15, 0.2) is 6.61 Å². The topological polar surface area (TPSA) is 91.2 Å².